The molecule has 1 atom stereocenters. The van der Waals surface area contributed by atoms with Crippen molar-refractivity contribution < 1.29 is 23.8 Å². The van der Waals surface area contributed by atoms with Gasteiger partial charge in [0.2, 0.25) is 6.79 Å². The second kappa shape index (κ2) is 9.01. The SMILES string of the molecule is Cc1ccc([C@@H](C)NC(=O)COC(=O)/C=C/c2cc(Cl)c3c(c2)OCO3)cc1C. The number of amides is 1. The number of rotatable bonds is 6. The van der Waals surface area contributed by atoms with Crippen LogP contribution in [0.2, 0.25) is 5.02 Å². The molecule has 0 aliphatic carbocycles. The molecule has 29 heavy (non-hydrogen) atoms. The van der Waals surface area contributed by atoms with Gasteiger partial charge in [0.25, 0.3) is 5.91 Å². The van der Waals surface area contributed by atoms with E-state index in [1.807, 2.05) is 39.0 Å². The normalized spacial score (nSPS) is 13.4. The van der Waals surface area contributed by atoms with Crippen LogP contribution in [0.4, 0.5) is 0 Å². The van der Waals surface area contributed by atoms with Crippen LogP contribution in [0.3, 0.4) is 0 Å². The number of carbonyl (C=O) groups excluding carboxylic acids is 2. The molecule has 0 saturated heterocycles. The van der Waals surface area contributed by atoms with Crippen molar-refractivity contribution in [3.05, 3.63) is 63.7 Å². The van der Waals surface area contributed by atoms with E-state index < -0.39 is 5.97 Å². The molecular formula is C22H22ClNO5. The second-order valence-electron chi connectivity index (χ2n) is 6.81. The minimum atomic E-state index is -0.632. The molecular weight excluding hydrogens is 394 g/mol. The third kappa shape index (κ3) is 5.29. The van der Waals surface area contributed by atoms with Crippen LogP contribution in [-0.4, -0.2) is 25.3 Å². The Kier molecular flexibility index (Phi) is 6.44. The number of hydrogen-bond donors (Lipinski definition) is 1. The summed E-state index contributed by atoms with van der Waals surface area (Å²) in [7, 11) is 0. The molecule has 7 heteroatoms. The van der Waals surface area contributed by atoms with Gasteiger partial charge in [-0.15, -0.1) is 0 Å². The number of hydrogen-bond acceptors (Lipinski definition) is 5. The van der Waals surface area contributed by atoms with Crippen LogP contribution in [-0.2, 0) is 14.3 Å². The maximum absolute atomic E-state index is 12.1. The Morgan fingerprint density at radius 1 is 1.21 bits per heavy atom. The van der Waals surface area contributed by atoms with E-state index >= 15 is 0 Å². The average Bonchev–Trinajstić information content (AvgIpc) is 3.16. The van der Waals surface area contributed by atoms with Gasteiger partial charge in [0, 0.05) is 6.08 Å². The Labute approximate surface area is 174 Å². The molecule has 3 rings (SSSR count). The van der Waals surface area contributed by atoms with E-state index in [-0.39, 0.29) is 25.3 Å². The molecule has 0 saturated carbocycles. The predicted octanol–water partition coefficient (Wildman–Crippen LogP) is 4.12. The lowest BCUT2D eigenvalue weighted by Crippen LogP contribution is -2.31. The van der Waals surface area contributed by atoms with Gasteiger partial charge in [-0.05, 0) is 61.2 Å². The molecule has 2 aromatic carbocycles. The van der Waals surface area contributed by atoms with Crippen molar-refractivity contribution in [3.63, 3.8) is 0 Å². The summed E-state index contributed by atoms with van der Waals surface area (Å²) < 4.78 is 15.5. The predicted molar refractivity (Wildman–Crippen MR) is 110 cm³/mol. The second-order valence-corrected chi connectivity index (χ2v) is 7.22. The first-order valence-electron chi connectivity index (χ1n) is 9.14. The first-order valence-corrected chi connectivity index (χ1v) is 9.52. The number of ether oxygens (including phenoxy) is 3. The van der Waals surface area contributed by atoms with Gasteiger partial charge in [-0.2, -0.15) is 0 Å². The van der Waals surface area contributed by atoms with Crippen LogP contribution < -0.4 is 14.8 Å². The van der Waals surface area contributed by atoms with Crippen LogP contribution in [0, 0.1) is 13.8 Å². The lowest BCUT2D eigenvalue weighted by atomic mass is 10.0. The summed E-state index contributed by atoms with van der Waals surface area (Å²) in [6.45, 7) is 5.69. The Balaban J connectivity index is 1.50. The molecule has 1 amide bonds. The maximum atomic E-state index is 12.1. The zero-order valence-corrected chi connectivity index (χ0v) is 17.2. The van der Waals surface area contributed by atoms with Crippen molar-refractivity contribution in [2.75, 3.05) is 13.4 Å². The van der Waals surface area contributed by atoms with Crippen molar-refractivity contribution in [1.82, 2.24) is 5.32 Å². The number of aryl methyl sites for hydroxylation is 2. The molecule has 2 aromatic rings. The maximum Gasteiger partial charge on any atom is 0.331 e. The molecule has 0 aromatic heterocycles. The van der Waals surface area contributed by atoms with Crippen molar-refractivity contribution >= 4 is 29.6 Å². The first kappa shape index (κ1) is 20.7. The molecule has 6 nitrogen and oxygen atoms in total. The van der Waals surface area contributed by atoms with Crippen molar-refractivity contribution in [1.29, 1.82) is 0 Å². The van der Waals surface area contributed by atoms with Crippen LogP contribution in [0.1, 0.15) is 35.2 Å². The molecule has 152 valence electrons. The Morgan fingerprint density at radius 2 is 2.00 bits per heavy atom. The summed E-state index contributed by atoms with van der Waals surface area (Å²) in [5.74, 6) is 0.00237. The average molecular weight is 416 g/mol. The summed E-state index contributed by atoms with van der Waals surface area (Å²) >= 11 is 6.10. The van der Waals surface area contributed by atoms with E-state index in [2.05, 4.69) is 5.32 Å². The van der Waals surface area contributed by atoms with E-state index in [1.54, 1.807) is 12.1 Å². The highest BCUT2D eigenvalue weighted by Crippen LogP contribution is 2.40. The van der Waals surface area contributed by atoms with Gasteiger partial charge in [-0.25, -0.2) is 4.79 Å². The smallest absolute Gasteiger partial charge is 0.331 e. The molecule has 0 spiro atoms. The Bertz CT molecular complexity index is 970. The minimum absolute atomic E-state index is 0.111. The zero-order valence-electron chi connectivity index (χ0n) is 16.5. The van der Waals surface area contributed by atoms with Crippen LogP contribution in [0.15, 0.2) is 36.4 Å². The van der Waals surface area contributed by atoms with Gasteiger partial charge in [-0.1, -0.05) is 29.8 Å². The van der Waals surface area contributed by atoms with Crippen molar-refractivity contribution in [2.45, 2.75) is 26.8 Å². The third-order valence-corrected chi connectivity index (χ3v) is 4.90. The Hall–Kier alpha value is -2.99. The summed E-state index contributed by atoms with van der Waals surface area (Å²) in [6.07, 6.45) is 2.76. The van der Waals surface area contributed by atoms with Crippen LogP contribution in [0.25, 0.3) is 6.08 Å². The molecule has 0 bridgehead atoms. The Morgan fingerprint density at radius 3 is 2.76 bits per heavy atom. The van der Waals surface area contributed by atoms with Crippen LogP contribution in [0.5, 0.6) is 11.5 Å². The van der Waals surface area contributed by atoms with Crippen molar-refractivity contribution in [2.24, 2.45) is 0 Å². The summed E-state index contributed by atoms with van der Waals surface area (Å²) in [4.78, 5) is 24.0. The first-order chi connectivity index (χ1) is 13.8. The van der Waals surface area contributed by atoms with E-state index in [4.69, 9.17) is 25.8 Å². The summed E-state index contributed by atoms with van der Waals surface area (Å²) in [5.41, 5.74) is 4.00. The summed E-state index contributed by atoms with van der Waals surface area (Å²) in [5, 5.41) is 3.22. The van der Waals surface area contributed by atoms with E-state index in [0.717, 1.165) is 11.1 Å². The lowest BCUT2D eigenvalue weighted by Gasteiger charge is -2.15. The van der Waals surface area contributed by atoms with Crippen LogP contribution >= 0.6 is 11.6 Å². The molecule has 0 unspecified atom stereocenters. The number of esters is 1. The quantitative estimate of drug-likeness (QED) is 0.567. The number of fused-ring (bicyclic) bond motifs is 1. The van der Waals surface area contributed by atoms with Gasteiger partial charge < -0.3 is 19.5 Å². The van der Waals surface area contributed by atoms with E-state index in [1.165, 1.54) is 17.7 Å². The number of benzene rings is 2. The molecule has 1 aliphatic rings. The van der Waals surface area contributed by atoms with Gasteiger partial charge in [0.1, 0.15) is 0 Å². The number of halogens is 1. The zero-order chi connectivity index (χ0) is 21.0. The highest BCUT2D eigenvalue weighted by Gasteiger charge is 2.17. The lowest BCUT2D eigenvalue weighted by molar-refractivity contribution is -0.144. The molecule has 1 aliphatic heterocycles. The van der Waals surface area contributed by atoms with Gasteiger partial charge >= 0.3 is 5.97 Å². The largest absolute Gasteiger partial charge is 0.454 e. The number of nitrogens with one attached hydrogen (secondary N) is 1. The van der Waals surface area contributed by atoms with Gasteiger partial charge in [0.05, 0.1) is 11.1 Å². The third-order valence-electron chi connectivity index (χ3n) is 4.62. The highest BCUT2D eigenvalue weighted by molar-refractivity contribution is 6.32. The van der Waals surface area contributed by atoms with E-state index in [0.29, 0.717) is 22.1 Å². The standard InChI is InChI=1S/C22H22ClNO5/c1-13-4-6-17(8-14(13)2)15(3)24-20(25)11-27-21(26)7-5-16-9-18(23)22-19(10-16)28-12-29-22/h4-10,15H,11-12H2,1-3H3,(H,24,25)/b7-5+/t15-/m1/s1. The number of carbonyl (C=O) groups is 2. The fraction of sp³-hybridized carbons (Fsp3) is 0.273. The van der Waals surface area contributed by atoms with E-state index in [9.17, 15) is 9.59 Å². The van der Waals surface area contributed by atoms with Crippen molar-refractivity contribution in [3.8, 4) is 11.5 Å². The minimum Gasteiger partial charge on any atom is -0.454 e. The molecule has 1 N–H and O–H groups in total. The fourth-order valence-corrected chi connectivity index (χ4v) is 3.11. The van der Waals surface area contributed by atoms with Gasteiger partial charge in [-0.3, -0.25) is 4.79 Å². The fourth-order valence-electron chi connectivity index (χ4n) is 2.83. The monoisotopic (exact) mass is 415 g/mol. The summed E-state index contributed by atoms with van der Waals surface area (Å²) in [6, 6.07) is 9.18. The molecule has 0 fully saturated rings. The molecule has 0 radical (unpaired) electrons. The highest BCUT2D eigenvalue weighted by atomic mass is 35.5. The molecule has 1 heterocycles. The topological polar surface area (TPSA) is 73.9 Å². The van der Waals surface area contributed by atoms with Gasteiger partial charge in [0.15, 0.2) is 18.1 Å².